The maximum atomic E-state index is 13.2. The molecular formula is C12H15F3N2O5S. The maximum Gasteiger partial charge on any atom is 0.424 e. The molecule has 0 aliphatic rings. The van der Waals surface area contributed by atoms with Gasteiger partial charge in [-0.15, -0.1) is 11.3 Å². The summed E-state index contributed by atoms with van der Waals surface area (Å²) in [5.41, 5.74) is -3.17. The summed E-state index contributed by atoms with van der Waals surface area (Å²) in [6, 6.07) is 0. The number of methoxy groups -OCH3 is 1. The molecule has 3 N–H and O–H groups in total. The Hall–Kier alpha value is -1.72. The van der Waals surface area contributed by atoms with E-state index in [1.54, 1.807) is 0 Å². The zero-order chi connectivity index (χ0) is 17.8. The quantitative estimate of drug-likeness (QED) is 0.667. The minimum Gasteiger partial charge on any atom is -0.479 e. The van der Waals surface area contributed by atoms with Gasteiger partial charge in [0.05, 0.1) is 13.0 Å². The number of carboxylic acids is 1. The van der Waals surface area contributed by atoms with Gasteiger partial charge < -0.3 is 20.3 Å². The monoisotopic (exact) mass is 356 g/mol. The summed E-state index contributed by atoms with van der Waals surface area (Å²) in [5, 5.41) is 21.3. The van der Waals surface area contributed by atoms with Crippen LogP contribution in [0.4, 0.5) is 13.2 Å². The normalized spacial score (nSPS) is 15.7. The van der Waals surface area contributed by atoms with Crippen molar-refractivity contribution in [1.29, 1.82) is 0 Å². The molecule has 0 radical (unpaired) electrons. The van der Waals surface area contributed by atoms with Gasteiger partial charge in [-0.2, -0.15) is 13.2 Å². The molecule has 0 aliphatic carbocycles. The summed E-state index contributed by atoms with van der Waals surface area (Å²) >= 11 is 0.579. The SMILES string of the molecule is COC(CNC(=O)CC(O)(c1nc(C)cs1)C(F)(F)F)C(=O)O. The summed E-state index contributed by atoms with van der Waals surface area (Å²) < 4.78 is 44.1. The van der Waals surface area contributed by atoms with Gasteiger partial charge in [-0.1, -0.05) is 0 Å². The molecule has 0 saturated heterocycles. The molecule has 1 rings (SSSR count). The Balaban J connectivity index is 2.87. The van der Waals surface area contributed by atoms with E-state index in [0.29, 0.717) is 11.3 Å². The number of aryl methyl sites for hydroxylation is 1. The van der Waals surface area contributed by atoms with Crippen LogP contribution in [0.25, 0.3) is 0 Å². The van der Waals surface area contributed by atoms with Gasteiger partial charge >= 0.3 is 12.1 Å². The molecule has 1 aromatic heterocycles. The van der Waals surface area contributed by atoms with Crippen molar-refractivity contribution >= 4 is 23.2 Å². The van der Waals surface area contributed by atoms with E-state index in [9.17, 15) is 27.9 Å². The highest BCUT2D eigenvalue weighted by atomic mass is 32.1. The number of ether oxygens (including phenoxy) is 1. The Labute approximate surface area is 133 Å². The van der Waals surface area contributed by atoms with Crippen LogP contribution < -0.4 is 5.32 Å². The van der Waals surface area contributed by atoms with Crippen LogP contribution in [-0.4, -0.2) is 53.0 Å². The summed E-state index contributed by atoms with van der Waals surface area (Å²) in [4.78, 5) is 26.0. The molecule has 2 atom stereocenters. The van der Waals surface area contributed by atoms with Gasteiger partial charge in [-0.3, -0.25) is 4.79 Å². The number of alkyl halides is 3. The van der Waals surface area contributed by atoms with Crippen LogP contribution in [0.5, 0.6) is 0 Å². The second kappa shape index (κ2) is 7.23. The van der Waals surface area contributed by atoms with Gasteiger partial charge in [0.1, 0.15) is 5.01 Å². The van der Waals surface area contributed by atoms with Gasteiger partial charge in [0.15, 0.2) is 6.10 Å². The van der Waals surface area contributed by atoms with Crippen LogP contribution >= 0.6 is 11.3 Å². The van der Waals surface area contributed by atoms with Crippen molar-refractivity contribution < 1.29 is 37.7 Å². The number of halogens is 3. The van der Waals surface area contributed by atoms with Gasteiger partial charge in [-0.25, -0.2) is 9.78 Å². The molecule has 23 heavy (non-hydrogen) atoms. The first-order valence-electron chi connectivity index (χ1n) is 6.25. The van der Waals surface area contributed by atoms with Crippen LogP contribution in [0, 0.1) is 6.92 Å². The first kappa shape index (κ1) is 19.3. The van der Waals surface area contributed by atoms with Crippen molar-refractivity contribution in [3.8, 4) is 0 Å². The zero-order valence-electron chi connectivity index (χ0n) is 12.2. The molecule has 0 aromatic carbocycles. The Morgan fingerprint density at radius 1 is 1.48 bits per heavy atom. The number of aliphatic carboxylic acids is 1. The fourth-order valence-corrected chi connectivity index (χ4v) is 2.53. The number of carbonyl (C=O) groups is 2. The second-order valence-corrected chi connectivity index (χ2v) is 5.55. The van der Waals surface area contributed by atoms with Crippen LogP contribution in [-0.2, 0) is 19.9 Å². The molecule has 1 amide bonds. The predicted octanol–water partition coefficient (Wildman–Crippen LogP) is 0.807. The van der Waals surface area contributed by atoms with E-state index >= 15 is 0 Å². The lowest BCUT2D eigenvalue weighted by Gasteiger charge is -2.28. The topological polar surface area (TPSA) is 109 Å². The van der Waals surface area contributed by atoms with Crippen molar-refractivity contribution in [2.75, 3.05) is 13.7 Å². The van der Waals surface area contributed by atoms with Crippen LogP contribution in [0.3, 0.4) is 0 Å². The number of carboxylic acid groups (broad SMARTS) is 1. The molecule has 1 aromatic rings. The lowest BCUT2D eigenvalue weighted by molar-refractivity contribution is -0.267. The maximum absolute atomic E-state index is 13.2. The van der Waals surface area contributed by atoms with E-state index in [0.717, 1.165) is 7.11 Å². The highest BCUT2D eigenvalue weighted by molar-refractivity contribution is 7.09. The van der Waals surface area contributed by atoms with Crippen molar-refractivity contribution in [3.05, 3.63) is 16.1 Å². The fourth-order valence-electron chi connectivity index (χ4n) is 1.61. The number of aromatic nitrogens is 1. The van der Waals surface area contributed by atoms with Gasteiger partial charge in [0.2, 0.25) is 11.5 Å². The van der Waals surface area contributed by atoms with Crippen molar-refractivity contribution in [2.24, 2.45) is 0 Å². The Morgan fingerprint density at radius 3 is 2.48 bits per heavy atom. The molecule has 2 unspecified atom stereocenters. The fraction of sp³-hybridized carbons (Fsp3) is 0.583. The van der Waals surface area contributed by atoms with Gasteiger partial charge in [-0.05, 0) is 6.92 Å². The number of nitrogens with one attached hydrogen (secondary N) is 1. The molecule has 0 aliphatic heterocycles. The highest BCUT2D eigenvalue weighted by Crippen LogP contribution is 2.42. The molecular weight excluding hydrogens is 341 g/mol. The van der Waals surface area contributed by atoms with Crippen molar-refractivity contribution in [1.82, 2.24) is 10.3 Å². The second-order valence-electron chi connectivity index (χ2n) is 4.70. The third-order valence-corrected chi connectivity index (χ3v) is 4.01. The number of aliphatic hydroxyl groups is 1. The third kappa shape index (κ3) is 4.62. The first-order valence-corrected chi connectivity index (χ1v) is 7.13. The number of carbonyl (C=O) groups excluding carboxylic acids is 1. The predicted molar refractivity (Wildman–Crippen MR) is 72.9 cm³/mol. The average Bonchev–Trinajstić information content (AvgIpc) is 2.84. The summed E-state index contributed by atoms with van der Waals surface area (Å²) in [5.74, 6) is -2.56. The van der Waals surface area contributed by atoms with E-state index < -0.39 is 47.7 Å². The molecule has 0 bridgehead atoms. The first-order chi connectivity index (χ1) is 10.5. The van der Waals surface area contributed by atoms with Crippen LogP contribution in [0.2, 0.25) is 0 Å². The molecule has 11 heteroatoms. The summed E-state index contributed by atoms with van der Waals surface area (Å²) in [6.07, 6.45) is -7.86. The number of thiazole rings is 1. The van der Waals surface area contributed by atoms with Gasteiger partial charge in [0.25, 0.3) is 0 Å². The number of amides is 1. The standard InChI is InChI=1S/C12H15F3N2O5S/c1-6-5-23-10(17-6)11(21,12(13,14)15)3-8(18)16-4-7(22-2)9(19)20/h5,7,21H,3-4H2,1-2H3,(H,16,18)(H,19,20). The van der Waals surface area contributed by atoms with E-state index in [-0.39, 0.29) is 5.69 Å². The largest absolute Gasteiger partial charge is 0.479 e. The smallest absolute Gasteiger partial charge is 0.424 e. The minimum atomic E-state index is -5.12. The van der Waals surface area contributed by atoms with E-state index in [4.69, 9.17) is 5.11 Å². The number of hydrogen-bond donors (Lipinski definition) is 3. The Kier molecular flexibility index (Phi) is 6.08. The minimum absolute atomic E-state index is 0.276. The van der Waals surface area contributed by atoms with Crippen molar-refractivity contribution in [2.45, 2.75) is 31.2 Å². The third-order valence-electron chi connectivity index (χ3n) is 2.90. The molecule has 7 nitrogen and oxygen atoms in total. The summed E-state index contributed by atoms with van der Waals surface area (Å²) in [7, 11) is 1.08. The lowest BCUT2D eigenvalue weighted by Crippen LogP contribution is -2.47. The molecule has 0 spiro atoms. The van der Waals surface area contributed by atoms with Gasteiger partial charge in [0, 0.05) is 18.2 Å². The van der Waals surface area contributed by atoms with Crippen LogP contribution in [0.15, 0.2) is 5.38 Å². The molecule has 1 heterocycles. The Morgan fingerprint density at radius 2 is 2.09 bits per heavy atom. The molecule has 0 saturated carbocycles. The molecule has 130 valence electrons. The van der Waals surface area contributed by atoms with E-state index in [1.807, 2.05) is 5.32 Å². The van der Waals surface area contributed by atoms with Crippen LogP contribution in [0.1, 0.15) is 17.1 Å². The summed E-state index contributed by atoms with van der Waals surface area (Å²) in [6.45, 7) is 0.919. The van der Waals surface area contributed by atoms with Crippen molar-refractivity contribution in [3.63, 3.8) is 0 Å². The average molecular weight is 356 g/mol. The number of rotatable bonds is 7. The number of nitrogens with zero attached hydrogens (tertiary/aromatic N) is 1. The zero-order valence-corrected chi connectivity index (χ0v) is 13.0. The van der Waals surface area contributed by atoms with E-state index in [1.165, 1.54) is 12.3 Å². The highest BCUT2D eigenvalue weighted by Gasteiger charge is 2.58. The lowest BCUT2D eigenvalue weighted by atomic mass is 9.99. The Bertz CT molecular complexity index is 577. The van der Waals surface area contributed by atoms with E-state index in [2.05, 4.69) is 9.72 Å². The number of hydrogen-bond acceptors (Lipinski definition) is 6. The molecule has 0 fully saturated rings.